The maximum Gasteiger partial charge on any atom is 0.0130 e. The number of hydrogen-bond donors (Lipinski definition) is 1. The van der Waals surface area contributed by atoms with E-state index in [0.29, 0.717) is 11.5 Å². The number of nitrogens with two attached hydrogens (primary N) is 1. The van der Waals surface area contributed by atoms with Gasteiger partial charge in [0, 0.05) is 6.04 Å². The summed E-state index contributed by atoms with van der Waals surface area (Å²) in [7, 11) is 0. The summed E-state index contributed by atoms with van der Waals surface area (Å²) in [4.78, 5) is 0. The lowest BCUT2D eigenvalue weighted by molar-refractivity contribution is 0.290. The highest BCUT2D eigenvalue weighted by atomic mass is 14.8. The average molecular weight is 167 g/mol. The van der Waals surface area contributed by atoms with Crippen molar-refractivity contribution >= 4 is 0 Å². The van der Waals surface area contributed by atoms with Crippen LogP contribution in [0.25, 0.3) is 0 Å². The van der Waals surface area contributed by atoms with Crippen molar-refractivity contribution < 1.29 is 0 Å². The van der Waals surface area contributed by atoms with E-state index in [0.717, 1.165) is 11.8 Å². The Labute approximate surface area is 75.7 Å². The predicted molar refractivity (Wildman–Crippen MR) is 51.8 cm³/mol. The Hall–Kier alpha value is -0.0400. The second kappa shape index (κ2) is 2.73. The molecular formula is C11H21N. The first-order chi connectivity index (χ1) is 5.64. The standard InChI is InChI=1S/C11H21N/c1-11(2)9(10(11)12)8-6-4-3-5-7-8/h8-10H,3-7,12H2,1-2H3/t9-,10-/m1/s1. The zero-order chi connectivity index (χ0) is 8.77. The Morgan fingerprint density at radius 1 is 1.08 bits per heavy atom. The Morgan fingerprint density at radius 2 is 1.58 bits per heavy atom. The van der Waals surface area contributed by atoms with Crippen LogP contribution in [0.15, 0.2) is 0 Å². The van der Waals surface area contributed by atoms with E-state index in [1.54, 1.807) is 0 Å². The van der Waals surface area contributed by atoms with Crippen LogP contribution < -0.4 is 5.73 Å². The van der Waals surface area contributed by atoms with E-state index < -0.39 is 0 Å². The largest absolute Gasteiger partial charge is 0.327 e. The molecule has 2 fully saturated rings. The van der Waals surface area contributed by atoms with Gasteiger partial charge in [0.15, 0.2) is 0 Å². The normalized spacial score (nSPS) is 41.2. The van der Waals surface area contributed by atoms with Crippen molar-refractivity contribution in [2.45, 2.75) is 52.0 Å². The van der Waals surface area contributed by atoms with Gasteiger partial charge in [0.25, 0.3) is 0 Å². The van der Waals surface area contributed by atoms with Gasteiger partial charge in [0.2, 0.25) is 0 Å². The van der Waals surface area contributed by atoms with Crippen molar-refractivity contribution in [1.29, 1.82) is 0 Å². The van der Waals surface area contributed by atoms with Crippen molar-refractivity contribution in [1.82, 2.24) is 0 Å². The number of rotatable bonds is 1. The molecule has 0 aromatic rings. The highest BCUT2D eigenvalue weighted by Crippen LogP contribution is 2.57. The molecule has 12 heavy (non-hydrogen) atoms. The summed E-state index contributed by atoms with van der Waals surface area (Å²) in [5, 5.41) is 0. The van der Waals surface area contributed by atoms with Gasteiger partial charge in [-0.2, -0.15) is 0 Å². The molecule has 1 nitrogen and oxygen atoms in total. The smallest absolute Gasteiger partial charge is 0.0130 e. The first-order valence-corrected chi connectivity index (χ1v) is 5.39. The molecule has 0 unspecified atom stereocenters. The molecule has 2 aliphatic rings. The molecule has 1 heteroatoms. The molecule has 0 aromatic carbocycles. The molecule has 0 radical (unpaired) electrons. The quantitative estimate of drug-likeness (QED) is 0.638. The topological polar surface area (TPSA) is 26.0 Å². The van der Waals surface area contributed by atoms with E-state index in [1.807, 2.05) is 0 Å². The molecule has 2 aliphatic carbocycles. The third-order valence-corrected chi connectivity index (χ3v) is 4.15. The maximum atomic E-state index is 6.08. The van der Waals surface area contributed by atoms with Crippen LogP contribution >= 0.6 is 0 Å². The van der Waals surface area contributed by atoms with Crippen LogP contribution in [0, 0.1) is 17.3 Å². The highest BCUT2D eigenvalue weighted by molar-refractivity contribution is 5.11. The van der Waals surface area contributed by atoms with Crippen LogP contribution in [-0.4, -0.2) is 6.04 Å². The molecule has 0 heterocycles. The van der Waals surface area contributed by atoms with Crippen molar-refractivity contribution in [3.05, 3.63) is 0 Å². The lowest BCUT2D eigenvalue weighted by Gasteiger charge is -2.22. The zero-order valence-corrected chi connectivity index (χ0v) is 8.34. The molecule has 0 aromatic heterocycles. The lowest BCUT2D eigenvalue weighted by atomic mass is 9.83. The van der Waals surface area contributed by atoms with Crippen LogP contribution in [0.1, 0.15) is 46.0 Å². The fraction of sp³-hybridized carbons (Fsp3) is 1.00. The summed E-state index contributed by atoms with van der Waals surface area (Å²) in [5.74, 6) is 1.81. The van der Waals surface area contributed by atoms with Gasteiger partial charge in [-0.3, -0.25) is 0 Å². The average Bonchev–Trinajstić information content (AvgIpc) is 2.53. The summed E-state index contributed by atoms with van der Waals surface area (Å²) >= 11 is 0. The molecule has 2 saturated carbocycles. The molecule has 0 spiro atoms. The minimum Gasteiger partial charge on any atom is -0.327 e. The second-order valence-corrected chi connectivity index (χ2v) is 5.27. The number of hydrogen-bond acceptors (Lipinski definition) is 1. The van der Waals surface area contributed by atoms with Gasteiger partial charge in [0.1, 0.15) is 0 Å². The molecule has 0 bridgehead atoms. The maximum absolute atomic E-state index is 6.08. The fourth-order valence-electron chi connectivity index (χ4n) is 3.11. The fourth-order valence-corrected chi connectivity index (χ4v) is 3.11. The van der Waals surface area contributed by atoms with Crippen molar-refractivity contribution in [2.75, 3.05) is 0 Å². The first kappa shape index (κ1) is 8.55. The third kappa shape index (κ3) is 1.19. The van der Waals surface area contributed by atoms with Gasteiger partial charge >= 0.3 is 0 Å². The minimum atomic E-state index is 0.460. The van der Waals surface area contributed by atoms with Crippen LogP contribution in [0.4, 0.5) is 0 Å². The van der Waals surface area contributed by atoms with Gasteiger partial charge < -0.3 is 5.73 Å². The highest BCUT2D eigenvalue weighted by Gasteiger charge is 2.58. The Kier molecular flexibility index (Phi) is 1.95. The Balaban J connectivity index is 1.93. The van der Waals surface area contributed by atoms with E-state index >= 15 is 0 Å². The van der Waals surface area contributed by atoms with Crippen LogP contribution in [0.5, 0.6) is 0 Å². The molecule has 2 N–H and O–H groups in total. The van der Waals surface area contributed by atoms with Crippen molar-refractivity contribution in [3.63, 3.8) is 0 Å². The summed E-state index contributed by atoms with van der Waals surface area (Å²) < 4.78 is 0. The van der Waals surface area contributed by atoms with Crippen LogP contribution in [0.3, 0.4) is 0 Å². The molecule has 70 valence electrons. The molecule has 2 atom stereocenters. The van der Waals surface area contributed by atoms with Crippen molar-refractivity contribution in [3.8, 4) is 0 Å². The Morgan fingerprint density at radius 3 is 2.00 bits per heavy atom. The van der Waals surface area contributed by atoms with E-state index in [4.69, 9.17) is 5.73 Å². The van der Waals surface area contributed by atoms with E-state index in [9.17, 15) is 0 Å². The predicted octanol–water partition coefficient (Wildman–Crippen LogP) is 2.55. The van der Waals surface area contributed by atoms with E-state index in [2.05, 4.69) is 13.8 Å². The zero-order valence-electron chi connectivity index (χ0n) is 8.34. The minimum absolute atomic E-state index is 0.460. The van der Waals surface area contributed by atoms with Crippen LogP contribution in [0.2, 0.25) is 0 Å². The van der Waals surface area contributed by atoms with Gasteiger partial charge in [-0.1, -0.05) is 46.0 Å². The van der Waals surface area contributed by atoms with Gasteiger partial charge in [-0.15, -0.1) is 0 Å². The van der Waals surface area contributed by atoms with Crippen molar-refractivity contribution in [2.24, 2.45) is 23.0 Å². The Bertz CT molecular complexity index is 168. The van der Waals surface area contributed by atoms with Gasteiger partial charge in [-0.05, 0) is 17.3 Å². The second-order valence-electron chi connectivity index (χ2n) is 5.27. The monoisotopic (exact) mass is 167 g/mol. The molecular weight excluding hydrogens is 146 g/mol. The molecule has 0 saturated heterocycles. The summed E-state index contributed by atoms with van der Waals surface area (Å²) in [6.07, 6.45) is 7.25. The van der Waals surface area contributed by atoms with Gasteiger partial charge in [0.05, 0.1) is 0 Å². The van der Waals surface area contributed by atoms with E-state index in [1.165, 1.54) is 32.1 Å². The van der Waals surface area contributed by atoms with Crippen LogP contribution in [-0.2, 0) is 0 Å². The summed E-state index contributed by atoms with van der Waals surface area (Å²) in [5.41, 5.74) is 6.54. The van der Waals surface area contributed by atoms with Gasteiger partial charge in [-0.25, -0.2) is 0 Å². The lowest BCUT2D eigenvalue weighted by Crippen LogP contribution is -2.13. The molecule has 0 aliphatic heterocycles. The van der Waals surface area contributed by atoms with E-state index in [-0.39, 0.29) is 0 Å². The summed E-state index contributed by atoms with van der Waals surface area (Å²) in [6.45, 7) is 4.66. The summed E-state index contributed by atoms with van der Waals surface area (Å²) in [6, 6.07) is 0.501. The first-order valence-electron chi connectivity index (χ1n) is 5.39. The third-order valence-electron chi connectivity index (χ3n) is 4.15. The molecule has 2 rings (SSSR count). The SMILES string of the molecule is CC1(C)[C@H](N)[C@H]1C1CCCCC1. The molecule has 0 amide bonds.